The van der Waals surface area contributed by atoms with E-state index in [0.717, 1.165) is 19.6 Å². The normalized spacial score (nSPS) is 28.8. The van der Waals surface area contributed by atoms with Crippen LogP contribution in [0.2, 0.25) is 0 Å². The summed E-state index contributed by atoms with van der Waals surface area (Å²) in [4.78, 5) is 2.53. The Morgan fingerprint density at radius 1 is 1.44 bits per heavy atom. The van der Waals surface area contributed by atoms with Gasteiger partial charge in [-0.25, -0.2) is 0 Å². The number of rotatable bonds is 3. The van der Waals surface area contributed by atoms with Crippen molar-refractivity contribution < 1.29 is 0 Å². The highest BCUT2D eigenvalue weighted by atomic mass is 35.5. The first-order valence-electron chi connectivity index (χ1n) is 6.21. The number of piperazine rings is 1. The van der Waals surface area contributed by atoms with Gasteiger partial charge in [0.2, 0.25) is 0 Å². The Balaban J connectivity index is 2.61. The fourth-order valence-electron chi connectivity index (χ4n) is 2.24. The third-order valence-electron chi connectivity index (χ3n) is 3.48. The van der Waals surface area contributed by atoms with Crippen molar-refractivity contribution in [1.29, 1.82) is 0 Å². The van der Waals surface area contributed by atoms with Crippen molar-refractivity contribution in [2.24, 2.45) is 5.41 Å². The van der Waals surface area contributed by atoms with E-state index < -0.39 is 0 Å². The van der Waals surface area contributed by atoms with Crippen LogP contribution in [0.25, 0.3) is 0 Å². The molecule has 0 saturated carbocycles. The summed E-state index contributed by atoms with van der Waals surface area (Å²) in [7, 11) is 0. The Kier molecular flexibility index (Phi) is 5.29. The monoisotopic (exact) mass is 244 g/mol. The summed E-state index contributed by atoms with van der Waals surface area (Å²) in [5.74, 6) is 0. The second-order valence-electron chi connectivity index (χ2n) is 5.70. The van der Waals surface area contributed by atoms with E-state index in [1.165, 1.54) is 6.42 Å². The second-order valence-corrected chi connectivity index (χ2v) is 5.96. The van der Waals surface area contributed by atoms with E-state index in [4.69, 9.17) is 11.6 Å². The standard InChI is InChI=1S/C13H25ClN2/c1-5-11-9-15-12(13(2,3)4)10-16(11)8-6-7-14/h6-7,11-12,15H,5,8-10H2,1-4H3/b7-6+. The lowest BCUT2D eigenvalue weighted by Crippen LogP contribution is -2.60. The third-order valence-corrected chi connectivity index (χ3v) is 3.66. The summed E-state index contributed by atoms with van der Waals surface area (Å²) < 4.78 is 0. The summed E-state index contributed by atoms with van der Waals surface area (Å²) in [6, 6.07) is 1.21. The van der Waals surface area contributed by atoms with E-state index in [1.807, 2.05) is 6.08 Å². The lowest BCUT2D eigenvalue weighted by atomic mass is 9.84. The first-order chi connectivity index (χ1) is 7.49. The molecule has 2 unspecified atom stereocenters. The molecule has 1 heterocycles. The molecule has 1 rings (SSSR count). The first-order valence-corrected chi connectivity index (χ1v) is 6.65. The Labute approximate surface area is 105 Å². The van der Waals surface area contributed by atoms with Crippen LogP contribution in [0.5, 0.6) is 0 Å². The van der Waals surface area contributed by atoms with Crippen molar-refractivity contribution in [3.63, 3.8) is 0 Å². The number of hydrogen-bond donors (Lipinski definition) is 1. The quantitative estimate of drug-likeness (QED) is 0.822. The molecule has 0 spiro atoms. The van der Waals surface area contributed by atoms with Gasteiger partial charge >= 0.3 is 0 Å². The van der Waals surface area contributed by atoms with Crippen LogP contribution in [-0.2, 0) is 0 Å². The van der Waals surface area contributed by atoms with Gasteiger partial charge in [0.15, 0.2) is 0 Å². The third kappa shape index (κ3) is 3.76. The maximum absolute atomic E-state index is 5.62. The van der Waals surface area contributed by atoms with Gasteiger partial charge in [-0.05, 0) is 11.8 Å². The van der Waals surface area contributed by atoms with Gasteiger partial charge in [-0.2, -0.15) is 0 Å². The molecule has 0 aromatic carbocycles. The van der Waals surface area contributed by atoms with Crippen LogP contribution in [0, 0.1) is 5.41 Å². The first kappa shape index (κ1) is 14.0. The highest BCUT2D eigenvalue weighted by molar-refractivity contribution is 6.25. The highest BCUT2D eigenvalue weighted by Crippen LogP contribution is 2.24. The lowest BCUT2D eigenvalue weighted by Gasteiger charge is -2.44. The molecule has 0 aromatic heterocycles. The number of nitrogens with zero attached hydrogens (tertiary/aromatic N) is 1. The highest BCUT2D eigenvalue weighted by Gasteiger charge is 2.32. The van der Waals surface area contributed by atoms with Crippen molar-refractivity contribution >= 4 is 11.6 Å². The molecular weight excluding hydrogens is 220 g/mol. The van der Waals surface area contributed by atoms with Crippen molar-refractivity contribution in [3.05, 3.63) is 11.6 Å². The molecule has 0 aliphatic carbocycles. The van der Waals surface area contributed by atoms with E-state index >= 15 is 0 Å². The molecule has 2 nitrogen and oxygen atoms in total. The van der Waals surface area contributed by atoms with Crippen molar-refractivity contribution in [2.45, 2.75) is 46.2 Å². The topological polar surface area (TPSA) is 15.3 Å². The van der Waals surface area contributed by atoms with Crippen LogP contribution in [0.15, 0.2) is 11.6 Å². The largest absolute Gasteiger partial charge is 0.311 e. The van der Waals surface area contributed by atoms with Gasteiger partial charge in [0, 0.05) is 37.3 Å². The zero-order valence-corrected chi connectivity index (χ0v) is 11.7. The summed E-state index contributed by atoms with van der Waals surface area (Å²) >= 11 is 5.62. The number of halogens is 1. The van der Waals surface area contributed by atoms with E-state index in [1.54, 1.807) is 5.54 Å². The van der Waals surface area contributed by atoms with E-state index in [0.29, 0.717) is 17.5 Å². The number of nitrogens with one attached hydrogen (secondary N) is 1. The zero-order chi connectivity index (χ0) is 12.2. The van der Waals surface area contributed by atoms with Crippen LogP contribution >= 0.6 is 11.6 Å². The van der Waals surface area contributed by atoms with E-state index in [-0.39, 0.29) is 0 Å². The minimum Gasteiger partial charge on any atom is -0.311 e. The van der Waals surface area contributed by atoms with Gasteiger partial charge in [0.1, 0.15) is 0 Å². The molecular formula is C13H25ClN2. The van der Waals surface area contributed by atoms with Gasteiger partial charge in [0.05, 0.1) is 0 Å². The van der Waals surface area contributed by atoms with Crippen molar-refractivity contribution in [3.8, 4) is 0 Å². The Morgan fingerprint density at radius 2 is 2.12 bits per heavy atom. The lowest BCUT2D eigenvalue weighted by molar-refractivity contribution is 0.0938. The molecule has 1 N–H and O–H groups in total. The minimum absolute atomic E-state index is 0.321. The molecule has 3 heteroatoms. The molecule has 1 saturated heterocycles. The summed E-state index contributed by atoms with van der Waals surface area (Å²) in [6.07, 6.45) is 3.23. The molecule has 0 bridgehead atoms. The molecule has 1 aliphatic rings. The number of hydrogen-bond acceptors (Lipinski definition) is 2. The Bertz CT molecular complexity index is 233. The molecule has 0 aromatic rings. The Morgan fingerprint density at radius 3 is 2.62 bits per heavy atom. The molecule has 1 fully saturated rings. The fourth-order valence-corrected chi connectivity index (χ4v) is 2.32. The SMILES string of the molecule is CCC1CNC(C(C)(C)C)CN1C/C=C/Cl. The fraction of sp³-hybridized carbons (Fsp3) is 0.846. The van der Waals surface area contributed by atoms with Crippen molar-refractivity contribution in [1.82, 2.24) is 10.2 Å². The second kappa shape index (κ2) is 6.04. The summed E-state index contributed by atoms with van der Waals surface area (Å²) in [6.45, 7) is 12.3. The van der Waals surface area contributed by atoms with Gasteiger partial charge < -0.3 is 5.32 Å². The van der Waals surface area contributed by atoms with Crippen LogP contribution in [0.3, 0.4) is 0 Å². The average molecular weight is 245 g/mol. The van der Waals surface area contributed by atoms with Crippen LogP contribution in [-0.4, -0.2) is 36.6 Å². The molecule has 1 aliphatic heterocycles. The van der Waals surface area contributed by atoms with Gasteiger partial charge in [-0.1, -0.05) is 45.4 Å². The van der Waals surface area contributed by atoms with Crippen LogP contribution < -0.4 is 5.32 Å². The zero-order valence-electron chi connectivity index (χ0n) is 11.0. The maximum Gasteiger partial charge on any atom is 0.0244 e. The molecule has 94 valence electrons. The van der Waals surface area contributed by atoms with Gasteiger partial charge in [-0.15, -0.1) is 0 Å². The van der Waals surface area contributed by atoms with Gasteiger partial charge in [0.25, 0.3) is 0 Å². The van der Waals surface area contributed by atoms with Crippen LogP contribution in [0.1, 0.15) is 34.1 Å². The maximum atomic E-state index is 5.62. The predicted molar refractivity (Wildman–Crippen MR) is 71.9 cm³/mol. The van der Waals surface area contributed by atoms with E-state index in [2.05, 4.69) is 37.9 Å². The molecule has 16 heavy (non-hydrogen) atoms. The molecule has 0 amide bonds. The van der Waals surface area contributed by atoms with E-state index in [9.17, 15) is 0 Å². The molecule has 2 atom stereocenters. The van der Waals surface area contributed by atoms with Crippen LogP contribution in [0.4, 0.5) is 0 Å². The van der Waals surface area contributed by atoms with Gasteiger partial charge in [-0.3, -0.25) is 4.90 Å². The summed E-state index contributed by atoms with van der Waals surface area (Å²) in [5, 5.41) is 3.67. The summed E-state index contributed by atoms with van der Waals surface area (Å²) in [5.41, 5.74) is 1.95. The smallest absolute Gasteiger partial charge is 0.0244 e. The molecule has 0 radical (unpaired) electrons. The Hall–Kier alpha value is -0.0500. The average Bonchev–Trinajstić information content (AvgIpc) is 2.24. The van der Waals surface area contributed by atoms with Crippen molar-refractivity contribution in [2.75, 3.05) is 19.6 Å². The minimum atomic E-state index is 0.321. The predicted octanol–water partition coefficient (Wildman–Crippen LogP) is 2.84.